The summed E-state index contributed by atoms with van der Waals surface area (Å²) in [7, 11) is -4.66. The molecule has 4 N–H and O–H groups in total. The van der Waals surface area contributed by atoms with E-state index in [4.69, 9.17) is 19.1 Å². The Labute approximate surface area is 349 Å². The van der Waals surface area contributed by atoms with Gasteiger partial charge in [0.2, 0.25) is 0 Å². The first-order valence-electron chi connectivity index (χ1n) is 21.3. The molecule has 0 amide bonds. The number of ether oxygens (including phenoxy) is 2. The quantitative estimate of drug-likeness (QED) is 0.0154. The smallest absolute Gasteiger partial charge is 0.462 e. The van der Waals surface area contributed by atoms with Crippen LogP contribution < -0.4 is 0 Å². The molecule has 11 nitrogen and oxygen atoms in total. The minimum atomic E-state index is -4.66. The Balaban J connectivity index is 4.52. The number of carbonyl (C=O) groups is 2. The van der Waals surface area contributed by atoms with Crippen molar-refractivity contribution in [3.63, 3.8) is 0 Å². The first kappa shape index (κ1) is 54.9. The number of hydrogen-bond acceptors (Lipinski definition) is 10. The third kappa shape index (κ3) is 39.7. The Hall–Kier alpha value is -3.15. The molecule has 0 aliphatic rings. The maximum atomic E-state index is 12.6. The molecule has 0 aliphatic heterocycles. The molecule has 0 saturated carbocycles. The SMILES string of the molecule is CC/C=C/CC(O)/C=C/C=C/CCCCCCCC(=O)O[C@H](COC(=O)CC/C=C\C/C=C\C/C=C\C/C=C\C/C=C\CCCCC)COP(=O)(O)OC[C@@H](O)CO. The highest BCUT2D eigenvalue weighted by Crippen LogP contribution is 2.43. The molecular weight excluding hydrogens is 759 g/mol. The van der Waals surface area contributed by atoms with Gasteiger partial charge >= 0.3 is 19.8 Å². The molecule has 0 heterocycles. The number of unbranched alkanes of at least 4 members (excludes halogenated alkanes) is 8. The molecule has 58 heavy (non-hydrogen) atoms. The van der Waals surface area contributed by atoms with Gasteiger partial charge in [-0.2, -0.15) is 0 Å². The number of aliphatic hydroxyl groups excluding tert-OH is 3. The number of esters is 2. The summed E-state index contributed by atoms with van der Waals surface area (Å²) in [6.45, 7) is 1.98. The second-order valence-corrected chi connectivity index (χ2v) is 15.3. The first-order valence-corrected chi connectivity index (χ1v) is 22.8. The molecule has 0 aromatic rings. The molecule has 2 unspecified atom stereocenters. The van der Waals surface area contributed by atoms with Gasteiger partial charge < -0.3 is 29.7 Å². The fraction of sp³-hybridized carbons (Fsp3) is 0.609. The van der Waals surface area contributed by atoms with Gasteiger partial charge in [-0.15, -0.1) is 0 Å². The van der Waals surface area contributed by atoms with E-state index in [1.807, 2.05) is 36.5 Å². The van der Waals surface area contributed by atoms with Crippen molar-refractivity contribution in [2.75, 3.05) is 26.4 Å². The monoisotopic (exact) mass is 835 g/mol. The summed E-state index contributed by atoms with van der Waals surface area (Å²) in [6.07, 6.45) is 45.7. The van der Waals surface area contributed by atoms with Crippen molar-refractivity contribution in [1.82, 2.24) is 0 Å². The van der Waals surface area contributed by atoms with Gasteiger partial charge in [-0.05, 0) is 77.0 Å². The van der Waals surface area contributed by atoms with Crippen molar-refractivity contribution in [3.8, 4) is 0 Å². The Morgan fingerprint density at radius 3 is 1.81 bits per heavy atom. The van der Waals surface area contributed by atoms with Gasteiger partial charge in [-0.25, -0.2) is 4.57 Å². The third-order valence-corrected chi connectivity index (χ3v) is 9.27. The number of aliphatic hydroxyl groups is 3. The van der Waals surface area contributed by atoms with E-state index in [-0.39, 0.29) is 19.4 Å². The van der Waals surface area contributed by atoms with Crippen molar-refractivity contribution in [2.24, 2.45) is 0 Å². The lowest BCUT2D eigenvalue weighted by atomic mass is 10.1. The van der Waals surface area contributed by atoms with Crippen molar-refractivity contribution < 1.29 is 52.9 Å². The lowest BCUT2D eigenvalue weighted by Crippen LogP contribution is -2.29. The van der Waals surface area contributed by atoms with Gasteiger partial charge in [0.1, 0.15) is 12.7 Å². The van der Waals surface area contributed by atoms with E-state index in [9.17, 15) is 29.3 Å². The number of rotatable bonds is 38. The first-order chi connectivity index (χ1) is 28.1. The molecule has 330 valence electrons. The van der Waals surface area contributed by atoms with Crippen molar-refractivity contribution in [1.29, 1.82) is 0 Å². The normalized spacial score (nSPS) is 15.3. The lowest BCUT2D eigenvalue weighted by Gasteiger charge is -2.20. The van der Waals surface area contributed by atoms with E-state index in [1.165, 1.54) is 25.7 Å². The lowest BCUT2D eigenvalue weighted by molar-refractivity contribution is -0.161. The number of hydrogen-bond donors (Lipinski definition) is 4. The van der Waals surface area contributed by atoms with Crippen LogP contribution in [0.3, 0.4) is 0 Å². The molecule has 0 rings (SSSR count). The maximum absolute atomic E-state index is 12.6. The molecule has 0 aliphatic carbocycles. The molecule has 0 spiro atoms. The minimum Gasteiger partial charge on any atom is -0.462 e. The van der Waals surface area contributed by atoms with Gasteiger partial charge in [-0.1, -0.05) is 143 Å². The van der Waals surface area contributed by atoms with Crippen LogP contribution in [-0.4, -0.2) is 76.9 Å². The summed E-state index contributed by atoms with van der Waals surface area (Å²) < 4.78 is 32.6. The van der Waals surface area contributed by atoms with E-state index in [0.29, 0.717) is 19.3 Å². The molecule has 12 heteroatoms. The van der Waals surface area contributed by atoms with Crippen LogP contribution in [0.25, 0.3) is 0 Å². The van der Waals surface area contributed by atoms with Crippen LogP contribution in [-0.2, 0) is 32.7 Å². The summed E-state index contributed by atoms with van der Waals surface area (Å²) >= 11 is 0. The average Bonchev–Trinajstić information content (AvgIpc) is 3.20. The van der Waals surface area contributed by atoms with E-state index >= 15 is 0 Å². The van der Waals surface area contributed by atoms with Gasteiger partial charge in [-0.3, -0.25) is 18.6 Å². The van der Waals surface area contributed by atoms with Crippen molar-refractivity contribution >= 4 is 19.8 Å². The molecule has 0 bridgehead atoms. The van der Waals surface area contributed by atoms with E-state index in [1.54, 1.807) is 6.08 Å². The highest BCUT2D eigenvalue weighted by Gasteiger charge is 2.27. The topological polar surface area (TPSA) is 169 Å². The molecule has 0 aromatic heterocycles. The zero-order chi connectivity index (χ0) is 42.8. The summed E-state index contributed by atoms with van der Waals surface area (Å²) in [5.74, 6) is -1.09. The summed E-state index contributed by atoms with van der Waals surface area (Å²) in [4.78, 5) is 34.9. The molecule has 0 aromatic carbocycles. The highest BCUT2D eigenvalue weighted by atomic mass is 31.2. The molecule has 0 radical (unpaired) electrons. The van der Waals surface area contributed by atoms with Crippen molar-refractivity contribution in [3.05, 3.63) is 97.2 Å². The predicted octanol–water partition coefficient (Wildman–Crippen LogP) is 10.2. The van der Waals surface area contributed by atoms with E-state index in [0.717, 1.165) is 64.2 Å². The zero-order valence-electron chi connectivity index (χ0n) is 35.3. The third-order valence-electron chi connectivity index (χ3n) is 8.32. The van der Waals surface area contributed by atoms with Crippen LogP contribution in [0, 0.1) is 0 Å². The minimum absolute atomic E-state index is 0.0971. The van der Waals surface area contributed by atoms with Crippen molar-refractivity contribution in [2.45, 2.75) is 154 Å². The number of phosphoric ester groups is 1. The molecular formula is C46H75O11P. The highest BCUT2D eigenvalue weighted by molar-refractivity contribution is 7.47. The van der Waals surface area contributed by atoms with Crippen LogP contribution >= 0.6 is 7.82 Å². The Morgan fingerprint density at radius 1 is 0.603 bits per heavy atom. The van der Waals surface area contributed by atoms with Crippen LogP contribution in [0.2, 0.25) is 0 Å². The second-order valence-electron chi connectivity index (χ2n) is 13.8. The predicted molar refractivity (Wildman–Crippen MR) is 234 cm³/mol. The second kappa shape index (κ2) is 40.6. The fourth-order valence-corrected chi connectivity index (χ4v) is 5.80. The average molecular weight is 835 g/mol. The largest absolute Gasteiger partial charge is 0.472 e. The Kier molecular flexibility index (Phi) is 38.4. The van der Waals surface area contributed by atoms with Gasteiger partial charge in [0.15, 0.2) is 6.10 Å². The Bertz CT molecular complexity index is 1300. The molecule has 0 saturated heterocycles. The fourth-order valence-electron chi connectivity index (χ4n) is 5.01. The maximum Gasteiger partial charge on any atom is 0.472 e. The van der Waals surface area contributed by atoms with Crippen LogP contribution in [0.1, 0.15) is 136 Å². The van der Waals surface area contributed by atoms with Gasteiger partial charge in [0.25, 0.3) is 0 Å². The number of allylic oxidation sites excluding steroid dienone is 14. The number of carbonyl (C=O) groups excluding carboxylic acids is 2. The van der Waals surface area contributed by atoms with Gasteiger partial charge in [0.05, 0.1) is 25.9 Å². The number of phosphoric acid groups is 1. The Morgan fingerprint density at radius 2 is 1.17 bits per heavy atom. The van der Waals surface area contributed by atoms with Gasteiger partial charge in [0, 0.05) is 12.8 Å². The van der Waals surface area contributed by atoms with Crippen LogP contribution in [0.15, 0.2) is 97.2 Å². The van der Waals surface area contributed by atoms with Crippen LogP contribution in [0.4, 0.5) is 0 Å². The molecule has 4 atom stereocenters. The molecule has 0 fully saturated rings. The summed E-state index contributed by atoms with van der Waals surface area (Å²) in [5.41, 5.74) is 0. The standard InChI is InChI=1S/C46H75O11P/c1-3-5-7-8-9-10-11-12-13-14-15-16-17-18-19-22-25-28-32-36-45(50)54-40-44(41-56-58(52,53)55-39-43(49)38-47)57-46(51)37-33-29-26-23-20-21-24-27-31-35-42(48)34-30-6-4-2/h6,9-10,12-13,15-16,18-19,24-25,27-28,30-31,35,42-44,47-49H,3-5,7-8,11,14,17,20-23,26,29,32-34,36-41H2,1-2H3,(H,52,53)/b10-9-,13-12-,16-15-,19-18-,27-24+,28-25-,30-6+,35-31+/t42?,43-,44+/m0/s1. The summed E-state index contributed by atoms with van der Waals surface area (Å²) in [6, 6.07) is 0. The van der Waals surface area contributed by atoms with E-state index < -0.39 is 57.9 Å². The van der Waals surface area contributed by atoms with E-state index in [2.05, 4.69) is 73.1 Å². The zero-order valence-corrected chi connectivity index (χ0v) is 36.2. The van der Waals surface area contributed by atoms with Crippen LogP contribution in [0.5, 0.6) is 0 Å². The summed E-state index contributed by atoms with van der Waals surface area (Å²) in [5, 5.41) is 28.2.